The molecule has 0 spiro atoms. The van der Waals surface area contributed by atoms with Crippen LogP contribution < -0.4 is 9.64 Å². The summed E-state index contributed by atoms with van der Waals surface area (Å²) in [5.41, 5.74) is 0.0960. The van der Waals surface area contributed by atoms with Crippen molar-refractivity contribution in [2.75, 3.05) is 18.6 Å². The molecular weight excluding hydrogens is 448 g/mol. The molecule has 2 heterocycles. The van der Waals surface area contributed by atoms with Gasteiger partial charge in [0.25, 0.3) is 5.91 Å². The number of carbonyl (C=O) groups is 2. The van der Waals surface area contributed by atoms with Crippen molar-refractivity contribution >= 4 is 17.7 Å². The minimum atomic E-state index is -0.902. The fraction of sp³-hybridized carbons (Fsp3) is 0.481. The summed E-state index contributed by atoms with van der Waals surface area (Å²) in [6, 6.07) is 16.1. The van der Waals surface area contributed by atoms with Gasteiger partial charge in [0.1, 0.15) is 17.1 Å². The Labute approximate surface area is 206 Å². The molecule has 2 fully saturated rings. The number of nitrogens with zero attached hydrogens (tertiary/aromatic N) is 2. The van der Waals surface area contributed by atoms with Crippen LogP contribution in [0.5, 0.6) is 5.75 Å². The smallest absolute Gasteiger partial charge is 0.412 e. The molecule has 3 atom stereocenters. The summed E-state index contributed by atoms with van der Waals surface area (Å²) in [7, 11) is 1.59. The van der Waals surface area contributed by atoms with Crippen molar-refractivity contribution < 1.29 is 28.5 Å². The lowest BCUT2D eigenvalue weighted by molar-refractivity contribution is -0.146. The zero-order chi connectivity index (χ0) is 25.4. The molecule has 2 amide bonds. The van der Waals surface area contributed by atoms with Crippen LogP contribution in [0.1, 0.15) is 40.2 Å². The molecule has 2 aliphatic rings. The largest absolute Gasteiger partial charge is 0.497 e. The lowest BCUT2D eigenvalue weighted by Gasteiger charge is -2.51. The quantitative estimate of drug-likeness (QED) is 0.569. The molecule has 2 aromatic rings. The Morgan fingerprint density at radius 3 is 2.34 bits per heavy atom. The normalized spacial score (nSPS) is 23.7. The molecule has 2 aromatic carbocycles. The Morgan fingerprint density at radius 2 is 1.74 bits per heavy atom. The highest BCUT2D eigenvalue weighted by atomic mass is 16.6. The van der Waals surface area contributed by atoms with Crippen molar-refractivity contribution in [1.29, 1.82) is 0 Å². The standard InChI is InChI=1S/C27H34N2O6/c1-26(2,3)35-25(31)29-21(17-34-27(29,4)5)22-23(33-16-18-10-8-7-9-11-18)24(30)28(22)19-12-14-20(32-6)15-13-19/h7-15,21-23H,16-17H2,1-6H3/t21-,22+,23-/m1/s1. The third-order valence-electron chi connectivity index (χ3n) is 6.22. The molecule has 4 rings (SSSR count). The van der Waals surface area contributed by atoms with E-state index in [0.29, 0.717) is 11.4 Å². The van der Waals surface area contributed by atoms with Crippen molar-refractivity contribution in [3.63, 3.8) is 0 Å². The highest BCUT2D eigenvalue weighted by Crippen LogP contribution is 2.40. The van der Waals surface area contributed by atoms with E-state index in [1.807, 2.05) is 77.1 Å². The molecule has 0 unspecified atom stereocenters. The average Bonchev–Trinajstić information content (AvgIpc) is 3.11. The molecule has 2 aliphatic heterocycles. The van der Waals surface area contributed by atoms with E-state index in [-0.39, 0.29) is 19.1 Å². The second kappa shape index (κ2) is 9.51. The van der Waals surface area contributed by atoms with Crippen molar-refractivity contribution in [2.45, 2.75) is 70.7 Å². The van der Waals surface area contributed by atoms with E-state index in [1.54, 1.807) is 29.0 Å². The van der Waals surface area contributed by atoms with E-state index in [4.69, 9.17) is 18.9 Å². The Bertz CT molecular complexity index is 1050. The predicted molar refractivity (Wildman–Crippen MR) is 131 cm³/mol. The Balaban J connectivity index is 1.65. The van der Waals surface area contributed by atoms with E-state index < -0.39 is 35.6 Å². The number of benzene rings is 2. The molecule has 0 saturated carbocycles. The number of β-lactam (4-membered cyclic amide) rings is 1. The zero-order valence-corrected chi connectivity index (χ0v) is 21.2. The van der Waals surface area contributed by atoms with Crippen LogP contribution in [0.3, 0.4) is 0 Å². The monoisotopic (exact) mass is 482 g/mol. The molecular formula is C27H34N2O6. The van der Waals surface area contributed by atoms with Crippen LogP contribution in [0.15, 0.2) is 54.6 Å². The fourth-order valence-electron chi connectivity index (χ4n) is 4.58. The van der Waals surface area contributed by atoms with Gasteiger partial charge >= 0.3 is 6.09 Å². The average molecular weight is 483 g/mol. The molecule has 8 nitrogen and oxygen atoms in total. The van der Waals surface area contributed by atoms with Gasteiger partial charge in [-0.15, -0.1) is 0 Å². The van der Waals surface area contributed by atoms with Gasteiger partial charge in [0, 0.05) is 5.69 Å². The van der Waals surface area contributed by atoms with E-state index >= 15 is 0 Å². The summed E-state index contributed by atoms with van der Waals surface area (Å²) in [5.74, 6) is 0.529. The van der Waals surface area contributed by atoms with Crippen molar-refractivity contribution in [3.8, 4) is 5.75 Å². The summed E-state index contributed by atoms with van der Waals surface area (Å²) in [4.78, 5) is 29.9. The van der Waals surface area contributed by atoms with Gasteiger partial charge in [-0.25, -0.2) is 4.79 Å². The minimum Gasteiger partial charge on any atom is -0.497 e. The van der Waals surface area contributed by atoms with E-state index in [9.17, 15) is 9.59 Å². The summed E-state index contributed by atoms with van der Waals surface area (Å²) >= 11 is 0. The molecule has 35 heavy (non-hydrogen) atoms. The van der Waals surface area contributed by atoms with Crippen LogP contribution in [-0.4, -0.2) is 60.1 Å². The van der Waals surface area contributed by atoms with Crippen LogP contribution in [0.4, 0.5) is 10.5 Å². The van der Waals surface area contributed by atoms with Gasteiger partial charge in [0.2, 0.25) is 0 Å². The molecule has 8 heteroatoms. The third kappa shape index (κ3) is 5.13. The first-order valence-electron chi connectivity index (χ1n) is 11.8. The predicted octanol–water partition coefficient (Wildman–Crippen LogP) is 4.37. The van der Waals surface area contributed by atoms with E-state index in [1.165, 1.54) is 0 Å². The van der Waals surface area contributed by atoms with Gasteiger partial charge in [-0.05, 0) is 64.4 Å². The molecule has 0 N–H and O–H groups in total. The lowest BCUT2D eigenvalue weighted by Crippen LogP contribution is -2.73. The van der Waals surface area contributed by atoms with Crippen LogP contribution in [0.2, 0.25) is 0 Å². The van der Waals surface area contributed by atoms with Gasteiger partial charge in [-0.1, -0.05) is 30.3 Å². The molecule has 0 radical (unpaired) electrons. The second-order valence-electron chi connectivity index (χ2n) is 10.3. The highest BCUT2D eigenvalue weighted by molar-refractivity contribution is 6.05. The number of carbonyl (C=O) groups excluding carboxylic acids is 2. The van der Waals surface area contributed by atoms with Gasteiger partial charge in [0.05, 0.1) is 32.4 Å². The van der Waals surface area contributed by atoms with E-state index in [2.05, 4.69) is 0 Å². The topological polar surface area (TPSA) is 77.5 Å². The van der Waals surface area contributed by atoms with Crippen molar-refractivity contribution in [1.82, 2.24) is 4.90 Å². The molecule has 0 aliphatic carbocycles. The molecule has 188 valence electrons. The molecule has 2 saturated heterocycles. The van der Waals surface area contributed by atoms with Gasteiger partial charge in [0.15, 0.2) is 6.10 Å². The van der Waals surface area contributed by atoms with Gasteiger partial charge in [-0.2, -0.15) is 0 Å². The molecule has 0 aromatic heterocycles. The third-order valence-corrected chi connectivity index (χ3v) is 6.22. The van der Waals surface area contributed by atoms with Crippen LogP contribution in [0.25, 0.3) is 0 Å². The maximum absolute atomic E-state index is 13.4. The second-order valence-corrected chi connectivity index (χ2v) is 10.3. The summed E-state index contributed by atoms with van der Waals surface area (Å²) in [6.45, 7) is 9.67. The number of anilines is 1. The first kappa shape index (κ1) is 25.0. The van der Waals surface area contributed by atoms with Crippen molar-refractivity contribution in [2.24, 2.45) is 0 Å². The number of rotatable bonds is 6. The number of amides is 2. The summed E-state index contributed by atoms with van der Waals surface area (Å²) < 4.78 is 23.2. The SMILES string of the molecule is COc1ccc(N2C(=O)[C@H](OCc3ccccc3)[C@@H]2[C@H]2COC(C)(C)N2C(=O)OC(C)(C)C)cc1. The number of hydrogen-bond donors (Lipinski definition) is 0. The van der Waals surface area contributed by atoms with Gasteiger partial charge in [-0.3, -0.25) is 9.69 Å². The van der Waals surface area contributed by atoms with Crippen molar-refractivity contribution in [3.05, 3.63) is 60.2 Å². The highest BCUT2D eigenvalue weighted by Gasteiger charge is 2.60. The van der Waals surface area contributed by atoms with Crippen LogP contribution in [0, 0.1) is 0 Å². The Hall–Kier alpha value is -3.10. The fourth-order valence-corrected chi connectivity index (χ4v) is 4.58. The molecule has 0 bridgehead atoms. The maximum Gasteiger partial charge on any atom is 0.412 e. The minimum absolute atomic E-state index is 0.162. The maximum atomic E-state index is 13.4. The van der Waals surface area contributed by atoms with Gasteiger partial charge < -0.3 is 23.8 Å². The van der Waals surface area contributed by atoms with E-state index in [0.717, 1.165) is 5.56 Å². The first-order valence-corrected chi connectivity index (χ1v) is 11.8. The summed E-state index contributed by atoms with van der Waals surface area (Å²) in [5, 5.41) is 0. The Morgan fingerprint density at radius 1 is 1.09 bits per heavy atom. The summed E-state index contributed by atoms with van der Waals surface area (Å²) in [6.07, 6.45) is -1.22. The number of hydrogen-bond acceptors (Lipinski definition) is 6. The van der Waals surface area contributed by atoms with Crippen LogP contribution >= 0.6 is 0 Å². The number of methoxy groups -OCH3 is 1. The van der Waals surface area contributed by atoms with Crippen LogP contribution in [-0.2, 0) is 25.6 Å². The number of ether oxygens (including phenoxy) is 4. The zero-order valence-electron chi connectivity index (χ0n) is 21.2. The first-order chi connectivity index (χ1) is 16.5. The Kier molecular flexibility index (Phi) is 6.79. The lowest BCUT2D eigenvalue weighted by atomic mass is 9.89.